The van der Waals surface area contributed by atoms with Gasteiger partial charge in [0.2, 0.25) is 11.8 Å². The molecule has 154 valence electrons. The van der Waals surface area contributed by atoms with Gasteiger partial charge in [0.05, 0.1) is 17.7 Å². The molecule has 1 aromatic carbocycles. The fourth-order valence-electron chi connectivity index (χ4n) is 4.01. The highest BCUT2D eigenvalue weighted by Crippen LogP contribution is 2.28. The monoisotopic (exact) mass is 400 g/mol. The molecular weight excluding hydrogens is 376 g/mol. The third kappa shape index (κ3) is 3.81. The number of ether oxygens (including phenoxy) is 1. The number of amides is 4. The molecule has 0 aromatic heterocycles. The molecule has 1 unspecified atom stereocenters. The van der Waals surface area contributed by atoms with E-state index >= 15 is 0 Å². The van der Waals surface area contributed by atoms with Gasteiger partial charge in [-0.25, -0.2) is 0 Å². The number of benzene rings is 1. The lowest BCUT2D eigenvalue weighted by Gasteiger charge is -2.27. The summed E-state index contributed by atoms with van der Waals surface area (Å²) < 4.78 is 5.63. The van der Waals surface area contributed by atoms with Crippen LogP contribution in [0.3, 0.4) is 0 Å². The summed E-state index contributed by atoms with van der Waals surface area (Å²) in [6, 6.07) is 4.37. The van der Waals surface area contributed by atoms with Gasteiger partial charge < -0.3 is 10.1 Å². The van der Waals surface area contributed by atoms with Gasteiger partial charge in [-0.2, -0.15) is 0 Å². The van der Waals surface area contributed by atoms with Crippen LogP contribution < -0.4 is 16.0 Å². The van der Waals surface area contributed by atoms with Crippen molar-refractivity contribution >= 4 is 23.6 Å². The van der Waals surface area contributed by atoms with Crippen LogP contribution in [0.15, 0.2) is 18.2 Å². The first-order valence-electron chi connectivity index (χ1n) is 9.72. The minimum atomic E-state index is -0.946. The molecule has 3 heterocycles. The van der Waals surface area contributed by atoms with Crippen molar-refractivity contribution in [2.45, 2.75) is 51.0 Å². The normalized spacial score (nSPS) is 26.1. The third-order valence-electron chi connectivity index (χ3n) is 5.42. The number of rotatable bonds is 5. The molecule has 3 aliphatic rings. The molecule has 0 spiro atoms. The standard InChI is InChI=1S/C20H24N4O5/c1-20(2)23-12(10-29-20)9-21-8-11-3-4-13-14(7-11)19(28)24(18(13)27)15-5-6-16(25)22-17(15)26/h3-4,7,12,15,21,23H,5-6,8-10H2,1-2H3,(H,22,25,26)/t12-,15?/m0/s1. The van der Waals surface area contributed by atoms with E-state index in [1.807, 2.05) is 13.8 Å². The van der Waals surface area contributed by atoms with E-state index in [0.29, 0.717) is 25.3 Å². The smallest absolute Gasteiger partial charge is 0.262 e. The fourth-order valence-corrected chi connectivity index (χ4v) is 4.01. The molecular formula is C20H24N4O5. The second-order valence-electron chi connectivity index (χ2n) is 8.12. The van der Waals surface area contributed by atoms with Crippen molar-refractivity contribution in [3.63, 3.8) is 0 Å². The zero-order chi connectivity index (χ0) is 20.8. The van der Waals surface area contributed by atoms with Crippen molar-refractivity contribution in [1.29, 1.82) is 0 Å². The molecule has 2 fully saturated rings. The van der Waals surface area contributed by atoms with Crippen molar-refractivity contribution in [2.75, 3.05) is 13.2 Å². The SMILES string of the molecule is CC1(C)N[C@@H](CNCc2ccc3c(c2)C(=O)N(C2CCC(=O)NC2=O)C3=O)CO1. The first-order chi connectivity index (χ1) is 13.7. The Morgan fingerprint density at radius 2 is 1.93 bits per heavy atom. The molecule has 0 radical (unpaired) electrons. The zero-order valence-electron chi connectivity index (χ0n) is 16.4. The molecule has 3 aliphatic heterocycles. The number of nitrogens with zero attached hydrogens (tertiary/aromatic N) is 1. The lowest BCUT2D eigenvalue weighted by Crippen LogP contribution is -2.54. The maximum absolute atomic E-state index is 12.8. The molecule has 4 rings (SSSR count). The van der Waals surface area contributed by atoms with Crippen molar-refractivity contribution in [3.05, 3.63) is 34.9 Å². The van der Waals surface area contributed by atoms with Crippen LogP contribution in [0.25, 0.3) is 0 Å². The van der Waals surface area contributed by atoms with Crippen LogP contribution in [0, 0.1) is 0 Å². The Hall–Kier alpha value is -2.62. The van der Waals surface area contributed by atoms with Gasteiger partial charge in [-0.1, -0.05) is 6.07 Å². The van der Waals surface area contributed by atoms with Crippen molar-refractivity contribution < 1.29 is 23.9 Å². The minimum absolute atomic E-state index is 0.106. The van der Waals surface area contributed by atoms with E-state index in [4.69, 9.17) is 4.74 Å². The second-order valence-corrected chi connectivity index (χ2v) is 8.12. The summed E-state index contributed by atoms with van der Waals surface area (Å²) in [6.07, 6.45) is 0.256. The topological polar surface area (TPSA) is 117 Å². The Morgan fingerprint density at radius 3 is 2.62 bits per heavy atom. The molecule has 2 saturated heterocycles. The van der Waals surface area contributed by atoms with Gasteiger partial charge in [0, 0.05) is 25.6 Å². The van der Waals surface area contributed by atoms with E-state index in [1.165, 1.54) is 0 Å². The molecule has 0 bridgehead atoms. The molecule has 9 heteroatoms. The van der Waals surface area contributed by atoms with Gasteiger partial charge in [0.15, 0.2) is 0 Å². The number of hydrogen-bond acceptors (Lipinski definition) is 7. The summed E-state index contributed by atoms with van der Waals surface area (Å²) in [5, 5.41) is 8.90. The highest BCUT2D eigenvalue weighted by Gasteiger charge is 2.44. The van der Waals surface area contributed by atoms with Crippen LogP contribution in [0.5, 0.6) is 0 Å². The van der Waals surface area contributed by atoms with Crippen LogP contribution in [0.2, 0.25) is 0 Å². The van der Waals surface area contributed by atoms with E-state index < -0.39 is 23.8 Å². The highest BCUT2D eigenvalue weighted by molar-refractivity contribution is 6.23. The van der Waals surface area contributed by atoms with Gasteiger partial charge in [-0.3, -0.25) is 34.7 Å². The zero-order valence-corrected chi connectivity index (χ0v) is 16.4. The number of carbonyl (C=O) groups is 4. The Morgan fingerprint density at radius 1 is 1.17 bits per heavy atom. The number of fused-ring (bicyclic) bond motifs is 1. The van der Waals surface area contributed by atoms with Crippen LogP contribution in [0.4, 0.5) is 0 Å². The Kier molecular flexibility index (Phi) is 4.97. The summed E-state index contributed by atoms with van der Waals surface area (Å²) in [4.78, 5) is 50.0. The quantitative estimate of drug-likeness (QED) is 0.591. The maximum Gasteiger partial charge on any atom is 0.262 e. The maximum atomic E-state index is 12.8. The molecule has 3 N–H and O–H groups in total. The molecule has 29 heavy (non-hydrogen) atoms. The lowest BCUT2D eigenvalue weighted by atomic mass is 10.0. The summed E-state index contributed by atoms with van der Waals surface area (Å²) in [5.74, 6) is -1.98. The Balaban J connectivity index is 1.42. The van der Waals surface area contributed by atoms with E-state index in [9.17, 15) is 19.2 Å². The van der Waals surface area contributed by atoms with E-state index in [2.05, 4.69) is 16.0 Å². The number of piperidine rings is 1. The molecule has 0 saturated carbocycles. The third-order valence-corrected chi connectivity index (χ3v) is 5.42. The molecule has 1 aromatic rings. The molecule has 2 atom stereocenters. The van der Waals surface area contributed by atoms with Gasteiger partial charge >= 0.3 is 0 Å². The number of hydrogen-bond donors (Lipinski definition) is 3. The summed E-state index contributed by atoms with van der Waals surface area (Å²) in [7, 11) is 0. The van der Waals surface area contributed by atoms with Gasteiger partial charge in [-0.15, -0.1) is 0 Å². The summed E-state index contributed by atoms with van der Waals surface area (Å²) in [5.41, 5.74) is 1.12. The lowest BCUT2D eigenvalue weighted by molar-refractivity contribution is -0.136. The van der Waals surface area contributed by atoms with Gasteiger partial charge in [-0.05, 0) is 38.0 Å². The first-order valence-corrected chi connectivity index (χ1v) is 9.72. The predicted octanol–water partition coefficient (Wildman–Crippen LogP) is -0.0981. The minimum Gasteiger partial charge on any atom is -0.360 e. The van der Waals surface area contributed by atoms with Crippen molar-refractivity contribution in [3.8, 4) is 0 Å². The molecule has 9 nitrogen and oxygen atoms in total. The van der Waals surface area contributed by atoms with Crippen LogP contribution in [-0.2, 0) is 20.9 Å². The van der Waals surface area contributed by atoms with Crippen LogP contribution in [0.1, 0.15) is 53.0 Å². The van der Waals surface area contributed by atoms with Gasteiger partial charge in [0.1, 0.15) is 11.8 Å². The van der Waals surface area contributed by atoms with Crippen LogP contribution in [-0.4, -0.2) is 59.5 Å². The van der Waals surface area contributed by atoms with E-state index in [0.717, 1.165) is 10.5 Å². The highest BCUT2D eigenvalue weighted by atomic mass is 16.5. The average molecular weight is 400 g/mol. The van der Waals surface area contributed by atoms with Crippen molar-refractivity contribution in [2.24, 2.45) is 0 Å². The van der Waals surface area contributed by atoms with Crippen molar-refractivity contribution in [1.82, 2.24) is 20.9 Å². The number of carbonyl (C=O) groups excluding carboxylic acids is 4. The molecule has 4 amide bonds. The van der Waals surface area contributed by atoms with Gasteiger partial charge in [0.25, 0.3) is 11.8 Å². The molecule has 0 aliphatic carbocycles. The average Bonchev–Trinajstić information content (AvgIpc) is 3.13. The number of nitrogens with one attached hydrogen (secondary N) is 3. The predicted molar refractivity (Wildman–Crippen MR) is 102 cm³/mol. The van der Waals surface area contributed by atoms with Crippen LogP contribution >= 0.6 is 0 Å². The summed E-state index contributed by atoms with van der Waals surface area (Å²) in [6.45, 7) is 5.81. The van der Waals surface area contributed by atoms with E-state index in [1.54, 1.807) is 18.2 Å². The van der Waals surface area contributed by atoms with E-state index in [-0.39, 0.29) is 36.1 Å². The number of imide groups is 2. The first kappa shape index (κ1) is 19.7. The Labute approximate surface area is 168 Å². The largest absolute Gasteiger partial charge is 0.360 e. The summed E-state index contributed by atoms with van der Waals surface area (Å²) >= 11 is 0. The fraction of sp³-hybridized carbons (Fsp3) is 0.500. The second kappa shape index (κ2) is 7.33. The Bertz CT molecular complexity index is 897.